The van der Waals surface area contributed by atoms with Gasteiger partial charge in [0.1, 0.15) is 30.0 Å². The van der Waals surface area contributed by atoms with Crippen molar-refractivity contribution in [3.8, 4) is 5.75 Å². The van der Waals surface area contributed by atoms with E-state index in [0.29, 0.717) is 36.3 Å². The summed E-state index contributed by atoms with van der Waals surface area (Å²) in [5, 5.41) is 9.88. The van der Waals surface area contributed by atoms with E-state index in [1.807, 2.05) is 91.5 Å². The lowest BCUT2D eigenvalue weighted by Gasteiger charge is -2.24. The lowest BCUT2D eigenvalue weighted by molar-refractivity contribution is 0.296. The molecule has 1 unspecified atom stereocenters. The van der Waals surface area contributed by atoms with Gasteiger partial charge in [-0.2, -0.15) is 0 Å². The minimum atomic E-state index is -0.364. The summed E-state index contributed by atoms with van der Waals surface area (Å²) in [6.07, 6.45) is -0.326. The zero-order valence-corrected chi connectivity index (χ0v) is 23.8. The molecule has 0 aliphatic carbocycles. The average molecular weight is 564 g/mol. The standard InChI is InChI=1S/C32H33N7O3/c1-5-38-27(36-29-28(38)30(40)37(4)32(41)39(29)18-22-12-10-20(2)11-13-22)19-42-24-16-14-23(15-17-24)34-31-33-21(3)25-8-6-7-9-26(25)35-31/h6-17,27,36H,3,5,18-19H2,1-2,4H3,(H2,33,34,35). The van der Waals surface area contributed by atoms with E-state index in [2.05, 4.69) is 27.5 Å². The molecule has 3 N–H and O–H groups in total. The van der Waals surface area contributed by atoms with Crippen molar-refractivity contribution >= 4 is 34.5 Å². The number of aryl methyl sites for hydroxylation is 1. The van der Waals surface area contributed by atoms with Gasteiger partial charge in [-0.15, -0.1) is 0 Å². The van der Waals surface area contributed by atoms with Crippen LogP contribution in [0.3, 0.4) is 0 Å². The summed E-state index contributed by atoms with van der Waals surface area (Å²) in [7, 11) is 1.52. The van der Waals surface area contributed by atoms with Gasteiger partial charge < -0.3 is 25.6 Å². The van der Waals surface area contributed by atoms with Gasteiger partial charge in [-0.25, -0.2) is 9.79 Å². The number of nitrogens with zero attached hydrogens (tertiary/aromatic N) is 4. The molecular formula is C32H33N7O3. The molecule has 2 aliphatic rings. The largest absolute Gasteiger partial charge is 0.489 e. The van der Waals surface area contributed by atoms with Crippen LogP contribution in [0, 0.1) is 6.92 Å². The maximum Gasteiger partial charge on any atom is 0.332 e. The number of aliphatic imine (C=N–C) groups is 1. The van der Waals surface area contributed by atoms with E-state index >= 15 is 0 Å². The van der Waals surface area contributed by atoms with Crippen molar-refractivity contribution in [3.63, 3.8) is 0 Å². The summed E-state index contributed by atoms with van der Waals surface area (Å²) in [5.41, 5.74) is 5.36. The molecule has 42 heavy (non-hydrogen) atoms. The van der Waals surface area contributed by atoms with Gasteiger partial charge in [0.15, 0.2) is 0 Å². The first-order chi connectivity index (χ1) is 20.3. The Kier molecular flexibility index (Phi) is 7.03. The second-order valence-electron chi connectivity index (χ2n) is 10.4. The van der Waals surface area contributed by atoms with E-state index in [-0.39, 0.29) is 24.0 Å². The van der Waals surface area contributed by atoms with Gasteiger partial charge in [-0.3, -0.25) is 13.9 Å². The fraction of sp³-hybridized carbons (Fsp3) is 0.219. The fourth-order valence-electron chi connectivity index (χ4n) is 5.27. The van der Waals surface area contributed by atoms with Crippen LogP contribution in [0.1, 0.15) is 23.6 Å². The minimum Gasteiger partial charge on any atom is -0.489 e. The predicted octanol–water partition coefficient (Wildman–Crippen LogP) is 4.23. The van der Waals surface area contributed by atoms with Crippen LogP contribution in [0.4, 0.5) is 22.9 Å². The number of likely N-dealkylation sites (N-methyl/N-ethyl adjacent to an activating group) is 1. The maximum atomic E-state index is 13.2. The van der Waals surface area contributed by atoms with Crippen LogP contribution in [-0.2, 0) is 13.6 Å². The third-order valence-electron chi connectivity index (χ3n) is 7.54. The normalized spacial score (nSPS) is 15.3. The number of rotatable bonds is 7. The predicted molar refractivity (Wildman–Crippen MR) is 168 cm³/mol. The lowest BCUT2D eigenvalue weighted by atomic mass is 10.1. The molecule has 6 rings (SSSR count). The highest BCUT2D eigenvalue weighted by Crippen LogP contribution is 2.31. The van der Waals surface area contributed by atoms with Crippen LogP contribution in [0.5, 0.6) is 5.75 Å². The molecule has 0 bridgehead atoms. The van der Waals surface area contributed by atoms with E-state index in [1.54, 1.807) is 4.57 Å². The summed E-state index contributed by atoms with van der Waals surface area (Å²) >= 11 is 0. The first-order valence-corrected chi connectivity index (χ1v) is 13.9. The molecule has 2 aliphatic heterocycles. The smallest absolute Gasteiger partial charge is 0.332 e. The van der Waals surface area contributed by atoms with E-state index in [9.17, 15) is 9.59 Å². The van der Waals surface area contributed by atoms with Gasteiger partial charge in [-0.1, -0.05) is 54.6 Å². The molecule has 1 atom stereocenters. The third kappa shape index (κ3) is 5.03. The second kappa shape index (κ2) is 11.0. The number of hydrogen-bond donors (Lipinski definition) is 3. The summed E-state index contributed by atoms with van der Waals surface area (Å²) in [5.74, 6) is 1.78. The van der Waals surface area contributed by atoms with Crippen molar-refractivity contribution in [1.29, 1.82) is 0 Å². The topological polar surface area (TPSA) is 105 Å². The Bertz CT molecular complexity index is 1800. The van der Waals surface area contributed by atoms with E-state index in [0.717, 1.165) is 33.8 Å². The second-order valence-corrected chi connectivity index (χ2v) is 10.4. The molecule has 3 heterocycles. The zero-order chi connectivity index (χ0) is 29.4. The summed E-state index contributed by atoms with van der Waals surface area (Å²) < 4.78 is 8.94. The molecule has 10 nitrogen and oxygen atoms in total. The Balaban J connectivity index is 1.17. The maximum absolute atomic E-state index is 13.2. The van der Waals surface area contributed by atoms with Crippen molar-refractivity contribution in [1.82, 2.24) is 14.5 Å². The number of nitrogens with one attached hydrogen (secondary N) is 3. The summed E-state index contributed by atoms with van der Waals surface area (Å²) in [6.45, 7) is 9.28. The molecule has 10 heteroatoms. The molecule has 0 spiro atoms. The number of para-hydroxylation sites is 1. The lowest BCUT2D eigenvalue weighted by Crippen LogP contribution is -2.43. The molecule has 3 aromatic carbocycles. The molecule has 0 saturated heterocycles. The fourth-order valence-corrected chi connectivity index (χ4v) is 5.27. The Morgan fingerprint density at radius 3 is 2.50 bits per heavy atom. The van der Waals surface area contributed by atoms with Gasteiger partial charge in [0.25, 0.3) is 5.56 Å². The molecule has 0 saturated carbocycles. The SMILES string of the molecule is C=C1NC(Nc2ccc(OCC3Nc4c(c(=O)n(C)c(=O)n4Cc4ccc(C)cc4)N3CC)cc2)=Nc2ccccc21. The number of aromatic nitrogens is 2. The molecule has 0 radical (unpaired) electrons. The van der Waals surface area contributed by atoms with Gasteiger partial charge >= 0.3 is 5.69 Å². The van der Waals surface area contributed by atoms with Crippen molar-refractivity contribution in [2.75, 3.05) is 28.7 Å². The van der Waals surface area contributed by atoms with E-state index in [4.69, 9.17) is 4.74 Å². The third-order valence-corrected chi connectivity index (χ3v) is 7.54. The Labute approximate surface area is 243 Å². The van der Waals surface area contributed by atoms with Crippen LogP contribution >= 0.6 is 0 Å². The average Bonchev–Trinajstić information content (AvgIpc) is 3.37. The molecule has 4 aromatic rings. The van der Waals surface area contributed by atoms with Gasteiger partial charge in [-0.05, 0) is 49.7 Å². The number of ether oxygens (including phenoxy) is 1. The highest BCUT2D eigenvalue weighted by molar-refractivity contribution is 6.03. The van der Waals surface area contributed by atoms with Crippen molar-refractivity contribution in [2.24, 2.45) is 12.0 Å². The van der Waals surface area contributed by atoms with E-state index < -0.39 is 0 Å². The van der Waals surface area contributed by atoms with Crippen LogP contribution in [0.15, 0.2) is 94.0 Å². The molecule has 0 fully saturated rings. The number of hydrogen-bond acceptors (Lipinski definition) is 8. The quantitative estimate of drug-likeness (QED) is 0.309. The number of guanidine groups is 1. The molecule has 0 amide bonds. The van der Waals surface area contributed by atoms with Crippen LogP contribution in [0.25, 0.3) is 5.70 Å². The van der Waals surface area contributed by atoms with E-state index in [1.165, 1.54) is 11.6 Å². The van der Waals surface area contributed by atoms with Crippen LogP contribution in [-0.4, -0.2) is 34.4 Å². The van der Waals surface area contributed by atoms with Gasteiger partial charge in [0.05, 0.1) is 12.2 Å². The Morgan fingerprint density at radius 2 is 1.76 bits per heavy atom. The Hall–Kier alpha value is -5.25. The molecule has 1 aromatic heterocycles. The van der Waals surface area contributed by atoms with Gasteiger partial charge in [0.2, 0.25) is 5.96 Å². The molecule has 214 valence electrons. The van der Waals surface area contributed by atoms with Crippen molar-refractivity contribution in [2.45, 2.75) is 26.6 Å². The van der Waals surface area contributed by atoms with Crippen LogP contribution < -0.4 is 36.8 Å². The van der Waals surface area contributed by atoms with Crippen LogP contribution in [0.2, 0.25) is 0 Å². The number of fused-ring (bicyclic) bond motifs is 2. The first kappa shape index (κ1) is 26.9. The van der Waals surface area contributed by atoms with Gasteiger partial charge in [0, 0.05) is 30.5 Å². The van der Waals surface area contributed by atoms with Crippen molar-refractivity contribution < 1.29 is 4.74 Å². The summed E-state index contributed by atoms with van der Waals surface area (Å²) in [6, 6.07) is 23.4. The number of anilines is 3. The number of benzene rings is 3. The summed E-state index contributed by atoms with van der Waals surface area (Å²) in [4.78, 5) is 33.0. The first-order valence-electron chi connectivity index (χ1n) is 13.9. The zero-order valence-electron chi connectivity index (χ0n) is 23.8. The van der Waals surface area contributed by atoms with Crippen molar-refractivity contribution in [3.05, 3.63) is 117 Å². The Morgan fingerprint density at radius 1 is 1.02 bits per heavy atom. The monoisotopic (exact) mass is 563 g/mol. The highest BCUT2D eigenvalue weighted by Gasteiger charge is 2.34. The minimum absolute atomic E-state index is 0.266. The molecular weight excluding hydrogens is 530 g/mol. The highest BCUT2D eigenvalue weighted by atomic mass is 16.5.